The molecular formula is C29H52N2O6. The lowest BCUT2D eigenvalue weighted by Gasteiger charge is -2.44. The molecule has 8 atom stereocenters. The van der Waals surface area contributed by atoms with E-state index in [1.807, 2.05) is 0 Å². The number of hydrogen-bond acceptors (Lipinski definition) is 8. The van der Waals surface area contributed by atoms with Gasteiger partial charge in [-0.05, 0) is 89.3 Å². The number of rotatable bonds is 14. The molecule has 0 aromatic heterocycles. The first-order valence-corrected chi connectivity index (χ1v) is 14.0. The van der Waals surface area contributed by atoms with Gasteiger partial charge in [-0.15, -0.1) is 0 Å². The summed E-state index contributed by atoms with van der Waals surface area (Å²) in [5.41, 5.74) is -0.365. The Hall–Kier alpha value is -1.24. The van der Waals surface area contributed by atoms with Crippen LogP contribution < -0.4 is 0 Å². The Bertz CT molecular complexity index is 728. The van der Waals surface area contributed by atoms with Gasteiger partial charge in [0.05, 0.1) is 48.9 Å². The van der Waals surface area contributed by atoms with E-state index in [4.69, 9.17) is 23.7 Å². The normalized spacial score (nSPS) is 32.2. The summed E-state index contributed by atoms with van der Waals surface area (Å²) in [6.07, 6.45) is 7.02. The van der Waals surface area contributed by atoms with Crippen molar-refractivity contribution in [2.45, 2.75) is 89.6 Å². The molecule has 0 aromatic rings. The van der Waals surface area contributed by atoms with Crippen LogP contribution in [0.15, 0.2) is 0 Å². The molecule has 214 valence electrons. The zero-order valence-corrected chi connectivity index (χ0v) is 24.5. The van der Waals surface area contributed by atoms with E-state index < -0.39 is 0 Å². The summed E-state index contributed by atoms with van der Waals surface area (Å²) in [4.78, 5) is 14.8. The monoisotopic (exact) mass is 524 g/mol. The van der Waals surface area contributed by atoms with Gasteiger partial charge in [-0.3, -0.25) is 4.79 Å². The Balaban J connectivity index is 1.95. The average Bonchev–Trinajstić information content (AvgIpc) is 2.92. The number of hydrogen-bond donors (Lipinski definition) is 0. The van der Waals surface area contributed by atoms with E-state index in [0.29, 0.717) is 12.3 Å². The van der Waals surface area contributed by atoms with Gasteiger partial charge < -0.3 is 28.6 Å². The molecule has 8 unspecified atom stereocenters. The minimum Gasteiger partial charge on any atom is -0.469 e. The molecule has 0 saturated heterocycles. The fourth-order valence-corrected chi connectivity index (χ4v) is 6.93. The first-order chi connectivity index (χ1) is 17.7. The maximum Gasteiger partial charge on any atom is 0.309 e. The number of nitriles is 1. The maximum absolute atomic E-state index is 12.5. The highest BCUT2D eigenvalue weighted by Crippen LogP contribution is 2.47. The van der Waals surface area contributed by atoms with E-state index >= 15 is 0 Å². The van der Waals surface area contributed by atoms with E-state index in [9.17, 15) is 10.1 Å². The van der Waals surface area contributed by atoms with Crippen molar-refractivity contribution in [1.29, 1.82) is 5.26 Å². The molecule has 0 aliphatic heterocycles. The Kier molecular flexibility index (Phi) is 13.3. The number of carbonyl (C=O) groups excluding carboxylic acids is 1. The predicted octanol–water partition coefficient (Wildman–Crippen LogP) is 4.31. The number of ether oxygens (including phenoxy) is 5. The molecule has 0 heterocycles. The molecule has 0 radical (unpaired) electrons. The van der Waals surface area contributed by atoms with Gasteiger partial charge in [0.2, 0.25) is 0 Å². The van der Waals surface area contributed by atoms with Gasteiger partial charge in [0, 0.05) is 28.4 Å². The van der Waals surface area contributed by atoms with Crippen molar-refractivity contribution in [3.63, 3.8) is 0 Å². The molecule has 2 rings (SSSR count). The number of methoxy groups -OCH3 is 5. The summed E-state index contributed by atoms with van der Waals surface area (Å²) in [6.45, 7) is 6.18. The second-order valence-electron chi connectivity index (χ2n) is 11.5. The van der Waals surface area contributed by atoms with Crippen LogP contribution in [0.2, 0.25) is 0 Å². The standard InChI is InChI=1S/C29H52N2O6/c1-20(2)29(19-30,22-10-11-24(33-4)26(17-22)35-6)13-9-14-31(3)15-12-21-16-25(34-5)27(36-7)18-23(21)28(32)37-8/h20-27H,9-18H2,1-8H3. The second-order valence-corrected chi connectivity index (χ2v) is 11.5. The molecule has 0 aromatic carbocycles. The fourth-order valence-electron chi connectivity index (χ4n) is 6.93. The molecule has 37 heavy (non-hydrogen) atoms. The fraction of sp³-hybridized carbons (Fsp3) is 0.931. The molecule has 0 amide bonds. The van der Waals surface area contributed by atoms with E-state index in [2.05, 4.69) is 31.9 Å². The van der Waals surface area contributed by atoms with E-state index in [0.717, 1.165) is 58.0 Å². The van der Waals surface area contributed by atoms with Gasteiger partial charge in [-0.25, -0.2) is 0 Å². The molecule has 2 aliphatic rings. The average molecular weight is 525 g/mol. The summed E-state index contributed by atoms with van der Waals surface area (Å²) in [7, 11) is 10.5. The Morgan fingerprint density at radius 2 is 1.51 bits per heavy atom. The molecule has 0 N–H and O–H groups in total. The van der Waals surface area contributed by atoms with Gasteiger partial charge in [0.1, 0.15) is 0 Å². The summed E-state index contributed by atoms with van der Waals surface area (Å²) in [6, 6.07) is 2.77. The van der Waals surface area contributed by atoms with Gasteiger partial charge in [0.25, 0.3) is 0 Å². The van der Waals surface area contributed by atoms with Crippen molar-refractivity contribution in [3.8, 4) is 6.07 Å². The maximum atomic E-state index is 12.5. The summed E-state index contributed by atoms with van der Waals surface area (Å²) >= 11 is 0. The van der Waals surface area contributed by atoms with Crippen LogP contribution in [0.5, 0.6) is 0 Å². The van der Waals surface area contributed by atoms with Crippen molar-refractivity contribution >= 4 is 5.97 Å². The highest BCUT2D eigenvalue weighted by Gasteiger charge is 2.46. The molecule has 0 spiro atoms. The highest BCUT2D eigenvalue weighted by molar-refractivity contribution is 5.72. The van der Waals surface area contributed by atoms with Crippen LogP contribution in [-0.4, -0.2) is 91.0 Å². The lowest BCUT2D eigenvalue weighted by Crippen LogP contribution is -2.45. The van der Waals surface area contributed by atoms with Gasteiger partial charge in [0.15, 0.2) is 0 Å². The first-order valence-electron chi connectivity index (χ1n) is 14.0. The third-order valence-electron chi connectivity index (χ3n) is 9.43. The van der Waals surface area contributed by atoms with Crippen LogP contribution in [0, 0.1) is 40.4 Å². The molecule has 0 bridgehead atoms. The van der Waals surface area contributed by atoms with E-state index in [1.165, 1.54) is 7.11 Å². The third-order valence-corrected chi connectivity index (χ3v) is 9.43. The smallest absolute Gasteiger partial charge is 0.309 e. The molecule has 2 aliphatic carbocycles. The van der Waals surface area contributed by atoms with Crippen LogP contribution in [-0.2, 0) is 28.5 Å². The lowest BCUT2D eigenvalue weighted by atomic mass is 9.61. The summed E-state index contributed by atoms with van der Waals surface area (Å²) in [5, 5.41) is 10.4. The van der Waals surface area contributed by atoms with Gasteiger partial charge in [-0.1, -0.05) is 13.8 Å². The van der Waals surface area contributed by atoms with Crippen molar-refractivity contribution in [2.75, 3.05) is 55.7 Å². The number of nitrogens with zero attached hydrogens (tertiary/aromatic N) is 2. The lowest BCUT2D eigenvalue weighted by molar-refractivity contribution is -0.156. The number of carbonyl (C=O) groups is 1. The Labute approximate surface area is 225 Å². The molecule has 8 heteroatoms. The minimum atomic E-state index is -0.365. The molecule has 2 fully saturated rings. The van der Waals surface area contributed by atoms with Crippen molar-refractivity contribution in [3.05, 3.63) is 0 Å². The molecule has 2 saturated carbocycles. The largest absolute Gasteiger partial charge is 0.469 e. The topological polar surface area (TPSA) is 90.3 Å². The predicted molar refractivity (Wildman–Crippen MR) is 143 cm³/mol. The minimum absolute atomic E-state index is 0.00683. The van der Waals surface area contributed by atoms with Crippen molar-refractivity contribution in [1.82, 2.24) is 4.90 Å². The van der Waals surface area contributed by atoms with Gasteiger partial charge in [-0.2, -0.15) is 5.26 Å². The Morgan fingerprint density at radius 3 is 2.05 bits per heavy atom. The summed E-state index contributed by atoms with van der Waals surface area (Å²) in [5.74, 6) is 0.451. The van der Waals surface area contributed by atoms with Crippen LogP contribution in [0.4, 0.5) is 0 Å². The zero-order chi connectivity index (χ0) is 27.6. The first kappa shape index (κ1) is 32.0. The van der Waals surface area contributed by atoms with Crippen LogP contribution in [0.25, 0.3) is 0 Å². The van der Waals surface area contributed by atoms with Crippen LogP contribution in [0.1, 0.15) is 65.2 Å². The SMILES string of the molecule is COC(=O)C1CC(OC)C(OC)CC1CCN(C)CCCC(C#N)(C(C)C)C1CCC(OC)C(OC)C1. The number of esters is 1. The van der Waals surface area contributed by atoms with E-state index in [-0.39, 0.29) is 53.6 Å². The summed E-state index contributed by atoms with van der Waals surface area (Å²) < 4.78 is 27.8. The van der Waals surface area contributed by atoms with Gasteiger partial charge >= 0.3 is 5.97 Å². The third kappa shape index (κ3) is 7.89. The Morgan fingerprint density at radius 1 is 0.919 bits per heavy atom. The molecular weight excluding hydrogens is 472 g/mol. The quantitative estimate of drug-likeness (QED) is 0.311. The van der Waals surface area contributed by atoms with Crippen molar-refractivity contribution in [2.24, 2.45) is 29.1 Å². The van der Waals surface area contributed by atoms with Crippen molar-refractivity contribution < 1.29 is 28.5 Å². The van der Waals surface area contributed by atoms with Crippen LogP contribution in [0.3, 0.4) is 0 Å². The highest BCUT2D eigenvalue weighted by atomic mass is 16.5. The van der Waals surface area contributed by atoms with E-state index in [1.54, 1.807) is 28.4 Å². The molecule has 8 nitrogen and oxygen atoms in total. The second kappa shape index (κ2) is 15.4. The zero-order valence-electron chi connectivity index (χ0n) is 24.5. The van der Waals surface area contributed by atoms with Crippen LogP contribution >= 0.6 is 0 Å².